The zero-order valence-corrected chi connectivity index (χ0v) is 12.9. The molecular weight excluding hydrogens is 224 g/mol. The molecule has 0 spiro atoms. The Morgan fingerprint density at radius 2 is 1.83 bits per heavy atom. The lowest BCUT2D eigenvalue weighted by Gasteiger charge is -2.32. The molecule has 1 aromatic heterocycles. The van der Waals surface area contributed by atoms with E-state index in [4.69, 9.17) is 0 Å². The molecule has 1 aromatic rings. The Kier molecular flexibility index (Phi) is 4.56. The van der Waals surface area contributed by atoms with Gasteiger partial charge in [0, 0.05) is 30.4 Å². The quantitative estimate of drug-likeness (QED) is 0.871. The van der Waals surface area contributed by atoms with Crippen LogP contribution in [0.3, 0.4) is 0 Å². The van der Waals surface area contributed by atoms with Crippen LogP contribution < -0.4 is 5.32 Å². The van der Waals surface area contributed by atoms with Crippen LogP contribution >= 0.6 is 0 Å². The van der Waals surface area contributed by atoms with E-state index in [9.17, 15) is 0 Å². The summed E-state index contributed by atoms with van der Waals surface area (Å²) in [7, 11) is 4.22. The number of hydrogen-bond acceptors (Lipinski definition) is 3. The number of aromatic nitrogens is 2. The van der Waals surface area contributed by atoms with E-state index in [-0.39, 0.29) is 11.1 Å². The van der Waals surface area contributed by atoms with Gasteiger partial charge in [-0.2, -0.15) is 5.10 Å². The maximum Gasteiger partial charge on any atom is 0.0543 e. The summed E-state index contributed by atoms with van der Waals surface area (Å²) < 4.78 is 2.01. The second-order valence-corrected chi connectivity index (χ2v) is 6.77. The molecular formula is C14H28N4. The summed E-state index contributed by atoms with van der Waals surface area (Å²) in [4.78, 5) is 2.23. The Morgan fingerprint density at radius 1 is 1.22 bits per heavy atom. The number of likely N-dealkylation sites (N-methyl/N-ethyl adjacent to an activating group) is 1. The van der Waals surface area contributed by atoms with E-state index < -0.39 is 0 Å². The number of nitrogens with zero attached hydrogens (tertiary/aromatic N) is 3. The molecule has 0 amide bonds. The molecule has 0 unspecified atom stereocenters. The Balaban J connectivity index is 2.48. The highest BCUT2D eigenvalue weighted by Crippen LogP contribution is 2.13. The van der Waals surface area contributed by atoms with Crippen molar-refractivity contribution in [3.63, 3.8) is 0 Å². The van der Waals surface area contributed by atoms with Gasteiger partial charge in [0.05, 0.1) is 11.7 Å². The van der Waals surface area contributed by atoms with Crippen molar-refractivity contribution in [2.75, 3.05) is 20.6 Å². The van der Waals surface area contributed by atoms with Gasteiger partial charge in [0.25, 0.3) is 0 Å². The minimum atomic E-state index is 0.0567. The highest BCUT2D eigenvalue weighted by molar-refractivity contribution is 5.05. The van der Waals surface area contributed by atoms with Gasteiger partial charge in [-0.3, -0.25) is 4.68 Å². The van der Waals surface area contributed by atoms with Gasteiger partial charge in [-0.05, 0) is 48.7 Å². The topological polar surface area (TPSA) is 33.1 Å². The van der Waals surface area contributed by atoms with Crippen LogP contribution in [0, 0.1) is 0 Å². The first-order valence-corrected chi connectivity index (χ1v) is 6.55. The predicted molar refractivity (Wildman–Crippen MR) is 76.7 cm³/mol. The lowest BCUT2D eigenvalue weighted by molar-refractivity contribution is 0.190. The fraction of sp³-hybridized carbons (Fsp3) is 0.786. The first-order valence-electron chi connectivity index (χ1n) is 6.55. The molecule has 1 heterocycles. The van der Waals surface area contributed by atoms with E-state index in [2.05, 4.69) is 70.2 Å². The first-order chi connectivity index (χ1) is 8.13. The van der Waals surface area contributed by atoms with E-state index in [1.807, 2.05) is 10.9 Å². The molecule has 0 bridgehead atoms. The largest absolute Gasteiger partial charge is 0.311 e. The predicted octanol–water partition coefficient (Wildman–Crippen LogP) is 2.07. The first kappa shape index (κ1) is 15.2. The van der Waals surface area contributed by atoms with Crippen molar-refractivity contribution in [3.8, 4) is 0 Å². The zero-order valence-electron chi connectivity index (χ0n) is 12.9. The van der Waals surface area contributed by atoms with Crippen molar-refractivity contribution in [2.24, 2.45) is 0 Å². The van der Waals surface area contributed by atoms with Gasteiger partial charge in [-0.15, -0.1) is 0 Å². The van der Waals surface area contributed by atoms with E-state index in [0.717, 1.165) is 13.1 Å². The molecule has 104 valence electrons. The Bertz CT molecular complexity index is 371. The molecule has 4 heteroatoms. The summed E-state index contributed by atoms with van der Waals surface area (Å²) in [5.41, 5.74) is 1.46. The average Bonchev–Trinajstić information content (AvgIpc) is 2.65. The summed E-state index contributed by atoms with van der Waals surface area (Å²) in [5, 5.41) is 7.90. The third-order valence-electron chi connectivity index (χ3n) is 3.42. The molecule has 0 aliphatic carbocycles. The third-order valence-corrected chi connectivity index (χ3v) is 3.42. The normalized spacial score (nSPS) is 13.3. The lowest BCUT2D eigenvalue weighted by Crippen LogP contribution is -2.46. The summed E-state index contributed by atoms with van der Waals surface area (Å²) in [6.45, 7) is 12.8. The Morgan fingerprint density at radius 3 is 2.28 bits per heavy atom. The summed E-state index contributed by atoms with van der Waals surface area (Å²) in [5.74, 6) is 0. The van der Waals surface area contributed by atoms with Gasteiger partial charge >= 0.3 is 0 Å². The van der Waals surface area contributed by atoms with Crippen LogP contribution in [0.1, 0.15) is 40.2 Å². The van der Waals surface area contributed by atoms with Crippen LogP contribution in [0.5, 0.6) is 0 Å². The smallest absolute Gasteiger partial charge is 0.0543 e. The van der Waals surface area contributed by atoms with Gasteiger partial charge in [0.1, 0.15) is 0 Å². The number of nitrogens with one attached hydrogen (secondary N) is 1. The fourth-order valence-corrected chi connectivity index (χ4v) is 1.49. The molecule has 0 radical (unpaired) electrons. The molecule has 0 saturated carbocycles. The Hall–Kier alpha value is -0.870. The molecule has 0 aliphatic heterocycles. The monoisotopic (exact) mass is 252 g/mol. The van der Waals surface area contributed by atoms with Crippen molar-refractivity contribution in [3.05, 3.63) is 18.0 Å². The Labute approximate surface area is 111 Å². The molecule has 18 heavy (non-hydrogen) atoms. The van der Waals surface area contributed by atoms with E-state index >= 15 is 0 Å². The number of rotatable bonds is 5. The fourth-order valence-electron chi connectivity index (χ4n) is 1.49. The van der Waals surface area contributed by atoms with Crippen LogP contribution in [0.4, 0.5) is 0 Å². The third kappa shape index (κ3) is 4.10. The van der Waals surface area contributed by atoms with Crippen molar-refractivity contribution in [1.82, 2.24) is 20.0 Å². The average molecular weight is 252 g/mol. The lowest BCUT2D eigenvalue weighted by atomic mass is 10.0. The molecule has 0 aliphatic rings. The molecule has 0 saturated heterocycles. The van der Waals surface area contributed by atoms with Gasteiger partial charge in [-0.1, -0.05) is 0 Å². The van der Waals surface area contributed by atoms with Gasteiger partial charge in [0.2, 0.25) is 0 Å². The van der Waals surface area contributed by atoms with Crippen molar-refractivity contribution in [2.45, 2.75) is 52.2 Å². The molecule has 4 nitrogen and oxygen atoms in total. The molecule has 0 fully saturated rings. The van der Waals surface area contributed by atoms with Gasteiger partial charge < -0.3 is 10.2 Å². The second kappa shape index (κ2) is 5.41. The highest BCUT2D eigenvalue weighted by Gasteiger charge is 2.19. The zero-order chi connectivity index (χ0) is 14.0. The van der Waals surface area contributed by atoms with Crippen molar-refractivity contribution < 1.29 is 0 Å². The van der Waals surface area contributed by atoms with Crippen LogP contribution in [-0.2, 0) is 12.1 Å². The highest BCUT2D eigenvalue weighted by atomic mass is 15.3. The maximum atomic E-state index is 4.40. The van der Waals surface area contributed by atoms with Crippen LogP contribution in [0.25, 0.3) is 0 Å². The molecule has 0 atom stereocenters. The second-order valence-electron chi connectivity index (χ2n) is 6.77. The van der Waals surface area contributed by atoms with Crippen LogP contribution in [0.15, 0.2) is 12.4 Å². The summed E-state index contributed by atoms with van der Waals surface area (Å²) >= 11 is 0. The standard InChI is InChI=1S/C14H28N4/c1-13(2,3)18-10-12(9-16-18)8-15-11-14(4,5)17(6)7/h9-10,15H,8,11H2,1-7H3. The van der Waals surface area contributed by atoms with Crippen LogP contribution in [-0.4, -0.2) is 40.9 Å². The molecule has 1 rings (SSSR count). The van der Waals surface area contributed by atoms with Gasteiger partial charge in [-0.25, -0.2) is 0 Å². The number of hydrogen-bond donors (Lipinski definition) is 1. The maximum absolute atomic E-state index is 4.40. The summed E-state index contributed by atoms with van der Waals surface area (Å²) in [6, 6.07) is 0. The molecule has 0 aromatic carbocycles. The van der Waals surface area contributed by atoms with E-state index in [1.54, 1.807) is 0 Å². The van der Waals surface area contributed by atoms with Crippen molar-refractivity contribution in [1.29, 1.82) is 0 Å². The minimum Gasteiger partial charge on any atom is -0.311 e. The van der Waals surface area contributed by atoms with E-state index in [0.29, 0.717) is 0 Å². The van der Waals surface area contributed by atoms with E-state index in [1.165, 1.54) is 5.56 Å². The molecule has 1 N–H and O–H groups in total. The van der Waals surface area contributed by atoms with Gasteiger partial charge in [0.15, 0.2) is 0 Å². The minimum absolute atomic E-state index is 0.0567. The SMILES string of the molecule is CN(C)C(C)(C)CNCc1cnn(C(C)(C)C)c1. The van der Waals surface area contributed by atoms with Crippen LogP contribution in [0.2, 0.25) is 0 Å². The summed E-state index contributed by atoms with van der Waals surface area (Å²) in [6.07, 6.45) is 4.07. The van der Waals surface area contributed by atoms with Crippen molar-refractivity contribution >= 4 is 0 Å².